The average molecular weight is 376 g/mol. The summed E-state index contributed by atoms with van der Waals surface area (Å²) in [4.78, 5) is -0.0667. The second-order valence-electron chi connectivity index (χ2n) is 4.57. The zero-order chi connectivity index (χ0) is 17.0. The lowest BCUT2D eigenvalue weighted by Crippen LogP contribution is -2.23. The van der Waals surface area contributed by atoms with E-state index in [1.807, 2.05) is 0 Å². The first-order valence-corrected chi connectivity index (χ1v) is 8.77. The molecule has 8 heteroatoms. The van der Waals surface area contributed by atoms with E-state index >= 15 is 0 Å². The molecular weight excluding hydrogens is 361 g/mol. The van der Waals surface area contributed by atoms with Crippen LogP contribution in [0.25, 0.3) is 0 Å². The van der Waals surface area contributed by atoms with Gasteiger partial charge in [0.25, 0.3) is 0 Å². The second-order valence-corrected chi connectivity index (χ2v) is 7.09. The van der Waals surface area contributed by atoms with Crippen LogP contribution in [0.3, 0.4) is 0 Å². The van der Waals surface area contributed by atoms with Gasteiger partial charge in [0.2, 0.25) is 10.0 Å². The Hall–Kier alpha value is -1.47. The van der Waals surface area contributed by atoms with Gasteiger partial charge in [-0.25, -0.2) is 13.1 Å². The van der Waals surface area contributed by atoms with Crippen LogP contribution in [0.2, 0.25) is 10.0 Å². The quantitative estimate of drug-likeness (QED) is 0.838. The Kier molecular flexibility index (Phi) is 5.75. The molecule has 23 heavy (non-hydrogen) atoms. The Labute approximate surface area is 145 Å². The molecule has 0 unspecified atom stereocenters. The molecule has 0 saturated heterocycles. The molecule has 0 radical (unpaired) electrons. The van der Waals surface area contributed by atoms with Gasteiger partial charge in [-0.2, -0.15) is 0 Å². The van der Waals surface area contributed by atoms with Gasteiger partial charge < -0.3 is 9.47 Å². The van der Waals surface area contributed by atoms with Crippen LogP contribution in [-0.4, -0.2) is 22.6 Å². The Bertz CT molecular complexity index is 792. The molecule has 2 rings (SSSR count). The third-order valence-electron chi connectivity index (χ3n) is 3.13. The highest BCUT2D eigenvalue weighted by molar-refractivity contribution is 7.89. The molecule has 1 N–H and O–H groups in total. The van der Waals surface area contributed by atoms with E-state index in [1.165, 1.54) is 19.2 Å². The first-order chi connectivity index (χ1) is 10.9. The maximum Gasteiger partial charge on any atom is 0.244 e. The van der Waals surface area contributed by atoms with Crippen molar-refractivity contribution in [3.8, 4) is 11.5 Å². The van der Waals surface area contributed by atoms with Crippen LogP contribution in [0.15, 0.2) is 41.3 Å². The van der Waals surface area contributed by atoms with Crippen LogP contribution >= 0.6 is 23.2 Å². The lowest BCUT2D eigenvalue weighted by atomic mass is 10.2. The summed E-state index contributed by atoms with van der Waals surface area (Å²) in [6.45, 7) is 0.121. The molecule has 0 bridgehead atoms. The number of nitrogens with one attached hydrogen (secondary N) is 1. The zero-order valence-electron chi connectivity index (χ0n) is 12.5. The molecule has 0 atom stereocenters. The van der Waals surface area contributed by atoms with Crippen molar-refractivity contribution < 1.29 is 17.9 Å². The van der Waals surface area contributed by atoms with E-state index in [0.717, 1.165) is 5.56 Å². The Morgan fingerprint density at radius 1 is 1.00 bits per heavy atom. The van der Waals surface area contributed by atoms with Gasteiger partial charge in [-0.3, -0.25) is 0 Å². The molecule has 0 aliphatic heterocycles. The smallest absolute Gasteiger partial charge is 0.244 e. The van der Waals surface area contributed by atoms with Gasteiger partial charge in [0, 0.05) is 6.54 Å². The molecule has 0 saturated carbocycles. The van der Waals surface area contributed by atoms with Crippen LogP contribution in [0.4, 0.5) is 0 Å². The normalized spacial score (nSPS) is 11.3. The van der Waals surface area contributed by atoms with Crippen molar-refractivity contribution in [2.75, 3.05) is 14.2 Å². The van der Waals surface area contributed by atoms with Gasteiger partial charge in [-0.05, 0) is 29.8 Å². The highest BCUT2D eigenvalue weighted by atomic mass is 35.5. The van der Waals surface area contributed by atoms with Crippen LogP contribution in [-0.2, 0) is 16.6 Å². The van der Waals surface area contributed by atoms with E-state index in [1.54, 1.807) is 31.4 Å². The minimum absolute atomic E-state index is 0.0152. The molecule has 0 aromatic heterocycles. The van der Waals surface area contributed by atoms with Crippen molar-refractivity contribution in [2.45, 2.75) is 11.4 Å². The molecule has 0 amide bonds. The predicted molar refractivity (Wildman–Crippen MR) is 90.0 cm³/mol. The summed E-state index contributed by atoms with van der Waals surface area (Å²) in [5.41, 5.74) is 0.786. The van der Waals surface area contributed by atoms with Gasteiger partial charge in [0.1, 0.15) is 15.7 Å². The standard InChI is InChI=1S/C15H15Cl2NO4S/c1-21-11-5-3-10(4-6-11)9-18-23(19,20)13-8-7-12(16)14(17)15(13)22-2/h3-8,18H,9H2,1-2H3. The lowest BCUT2D eigenvalue weighted by Gasteiger charge is -2.13. The Morgan fingerprint density at radius 3 is 2.22 bits per heavy atom. The molecule has 0 heterocycles. The number of halogens is 2. The number of hydrogen-bond acceptors (Lipinski definition) is 4. The molecule has 5 nitrogen and oxygen atoms in total. The predicted octanol–water partition coefficient (Wildman–Crippen LogP) is 3.49. The number of hydrogen-bond donors (Lipinski definition) is 1. The Morgan fingerprint density at radius 2 is 1.65 bits per heavy atom. The van der Waals surface area contributed by atoms with Gasteiger partial charge in [-0.1, -0.05) is 35.3 Å². The molecule has 124 valence electrons. The highest BCUT2D eigenvalue weighted by Crippen LogP contribution is 2.37. The average Bonchev–Trinajstić information content (AvgIpc) is 2.55. The number of sulfonamides is 1. The summed E-state index contributed by atoms with van der Waals surface area (Å²) < 4.78 is 37.5. The molecule has 2 aromatic rings. The summed E-state index contributed by atoms with van der Waals surface area (Å²) in [6, 6.07) is 9.81. The molecular formula is C15H15Cl2NO4S. The monoisotopic (exact) mass is 375 g/mol. The van der Waals surface area contributed by atoms with Crippen molar-refractivity contribution in [3.05, 3.63) is 52.0 Å². The zero-order valence-corrected chi connectivity index (χ0v) is 14.8. The molecule has 0 fully saturated rings. The largest absolute Gasteiger partial charge is 0.497 e. The van der Waals surface area contributed by atoms with Gasteiger partial charge in [0.05, 0.1) is 19.2 Å². The Balaban J connectivity index is 2.23. The number of benzene rings is 2. The lowest BCUT2D eigenvalue weighted by molar-refractivity contribution is 0.402. The van der Waals surface area contributed by atoms with Crippen molar-refractivity contribution in [1.82, 2.24) is 4.72 Å². The fourth-order valence-electron chi connectivity index (χ4n) is 1.92. The van der Waals surface area contributed by atoms with Crippen molar-refractivity contribution in [3.63, 3.8) is 0 Å². The van der Waals surface area contributed by atoms with E-state index in [2.05, 4.69) is 4.72 Å². The maximum absolute atomic E-state index is 12.5. The SMILES string of the molecule is COc1ccc(CNS(=O)(=O)c2ccc(Cl)c(Cl)c2OC)cc1. The third kappa shape index (κ3) is 4.09. The maximum atomic E-state index is 12.5. The van der Waals surface area contributed by atoms with Crippen molar-refractivity contribution >= 4 is 33.2 Å². The van der Waals surface area contributed by atoms with Gasteiger partial charge in [0.15, 0.2) is 5.75 Å². The highest BCUT2D eigenvalue weighted by Gasteiger charge is 2.22. The minimum Gasteiger partial charge on any atom is -0.497 e. The van der Waals surface area contributed by atoms with Gasteiger partial charge >= 0.3 is 0 Å². The van der Waals surface area contributed by atoms with E-state index in [0.29, 0.717) is 5.75 Å². The second kappa shape index (κ2) is 7.40. The van der Waals surface area contributed by atoms with Crippen molar-refractivity contribution in [1.29, 1.82) is 0 Å². The topological polar surface area (TPSA) is 64.6 Å². The van der Waals surface area contributed by atoms with E-state index < -0.39 is 10.0 Å². The van der Waals surface area contributed by atoms with Crippen LogP contribution in [0.5, 0.6) is 11.5 Å². The fourth-order valence-corrected chi connectivity index (χ4v) is 3.55. The summed E-state index contributed by atoms with van der Waals surface area (Å²) in [5.74, 6) is 0.712. The van der Waals surface area contributed by atoms with Crippen molar-refractivity contribution in [2.24, 2.45) is 0 Å². The molecule has 2 aromatic carbocycles. The first kappa shape index (κ1) is 17.9. The number of rotatable bonds is 6. The van der Waals surface area contributed by atoms with E-state index in [-0.39, 0.29) is 27.2 Å². The first-order valence-electron chi connectivity index (χ1n) is 6.53. The van der Waals surface area contributed by atoms with Crippen LogP contribution < -0.4 is 14.2 Å². The van der Waals surface area contributed by atoms with E-state index in [4.69, 9.17) is 32.7 Å². The third-order valence-corrected chi connectivity index (χ3v) is 5.34. The summed E-state index contributed by atoms with van der Waals surface area (Å²) in [5, 5.41) is 0.277. The fraction of sp³-hybridized carbons (Fsp3) is 0.200. The number of ether oxygens (including phenoxy) is 2. The minimum atomic E-state index is -3.81. The van der Waals surface area contributed by atoms with Crippen LogP contribution in [0, 0.1) is 0 Å². The summed E-state index contributed by atoms with van der Waals surface area (Å²) in [7, 11) is -0.908. The van der Waals surface area contributed by atoms with Gasteiger partial charge in [-0.15, -0.1) is 0 Å². The van der Waals surface area contributed by atoms with Crippen LogP contribution in [0.1, 0.15) is 5.56 Å². The summed E-state index contributed by atoms with van der Waals surface area (Å²) in [6.07, 6.45) is 0. The summed E-state index contributed by atoms with van der Waals surface area (Å²) >= 11 is 11.9. The molecule has 0 aliphatic carbocycles. The molecule has 0 aliphatic rings. The molecule has 0 spiro atoms. The number of methoxy groups -OCH3 is 2. The van der Waals surface area contributed by atoms with E-state index in [9.17, 15) is 8.42 Å².